The summed E-state index contributed by atoms with van der Waals surface area (Å²) in [5.41, 5.74) is 2.33. The molecule has 0 aliphatic heterocycles. The van der Waals surface area contributed by atoms with Crippen molar-refractivity contribution in [2.45, 2.75) is 32.4 Å². The van der Waals surface area contributed by atoms with Gasteiger partial charge in [-0.05, 0) is 44.0 Å². The maximum atomic E-state index is 12.2. The molecule has 2 aromatic carbocycles. The third kappa shape index (κ3) is 6.34. The number of rotatable bonds is 8. The second-order valence-electron chi connectivity index (χ2n) is 6.26. The molecule has 0 heterocycles. The lowest BCUT2D eigenvalue weighted by Gasteiger charge is -2.19. The van der Waals surface area contributed by atoms with E-state index in [1.54, 1.807) is 0 Å². The van der Waals surface area contributed by atoms with E-state index in [-0.39, 0.29) is 11.9 Å². The predicted molar refractivity (Wildman–Crippen MR) is 100 cm³/mol. The molecule has 0 unspecified atom stereocenters. The molecule has 128 valence electrons. The van der Waals surface area contributed by atoms with Gasteiger partial charge in [0.05, 0.1) is 6.54 Å². The van der Waals surface area contributed by atoms with Gasteiger partial charge in [-0.25, -0.2) is 0 Å². The number of carbonyl (C=O) groups is 1. The summed E-state index contributed by atoms with van der Waals surface area (Å²) in [7, 11) is 1.93. The lowest BCUT2D eigenvalue weighted by Crippen LogP contribution is -2.39. The third-order valence-corrected chi connectivity index (χ3v) is 4.30. The summed E-state index contributed by atoms with van der Waals surface area (Å²) in [6.07, 6.45) is 1.90. The number of nitrogens with one attached hydrogen (secondary N) is 1. The van der Waals surface area contributed by atoms with Gasteiger partial charge in [-0.15, -0.1) is 0 Å². The van der Waals surface area contributed by atoms with Gasteiger partial charge in [-0.1, -0.05) is 60.1 Å². The van der Waals surface area contributed by atoms with E-state index in [2.05, 4.69) is 24.4 Å². The van der Waals surface area contributed by atoms with Crippen molar-refractivity contribution in [3.63, 3.8) is 0 Å². The molecule has 2 aromatic rings. The Morgan fingerprint density at radius 1 is 1.12 bits per heavy atom. The summed E-state index contributed by atoms with van der Waals surface area (Å²) < 4.78 is 0. The molecule has 0 saturated heterocycles. The number of likely N-dealkylation sites (N-methyl/N-ethyl adjacent to an activating group) is 1. The van der Waals surface area contributed by atoms with Crippen molar-refractivity contribution in [2.75, 3.05) is 13.6 Å². The lowest BCUT2D eigenvalue weighted by molar-refractivity contribution is -0.122. The average molecular weight is 345 g/mol. The van der Waals surface area contributed by atoms with E-state index in [0.717, 1.165) is 23.4 Å². The van der Waals surface area contributed by atoms with Gasteiger partial charge < -0.3 is 5.32 Å². The molecule has 1 atom stereocenters. The van der Waals surface area contributed by atoms with Crippen LogP contribution in [0, 0.1) is 0 Å². The molecule has 24 heavy (non-hydrogen) atoms. The van der Waals surface area contributed by atoms with Gasteiger partial charge in [0.25, 0.3) is 0 Å². The van der Waals surface area contributed by atoms with Gasteiger partial charge in [0.2, 0.25) is 5.91 Å². The zero-order valence-corrected chi connectivity index (χ0v) is 15.1. The topological polar surface area (TPSA) is 32.3 Å². The minimum Gasteiger partial charge on any atom is -0.353 e. The first-order chi connectivity index (χ1) is 11.5. The molecule has 3 nitrogen and oxygen atoms in total. The fraction of sp³-hybridized carbons (Fsp3) is 0.350. The van der Waals surface area contributed by atoms with E-state index in [1.807, 2.05) is 54.4 Å². The van der Waals surface area contributed by atoms with Crippen molar-refractivity contribution in [1.29, 1.82) is 0 Å². The molecule has 1 N–H and O–H groups in total. The Balaban J connectivity index is 1.72. The zero-order valence-electron chi connectivity index (χ0n) is 14.3. The van der Waals surface area contributed by atoms with Crippen molar-refractivity contribution in [3.8, 4) is 0 Å². The lowest BCUT2D eigenvalue weighted by atomic mass is 10.1. The Bertz CT molecular complexity index is 645. The Hall–Kier alpha value is -1.84. The number of halogens is 1. The van der Waals surface area contributed by atoms with Gasteiger partial charge >= 0.3 is 0 Å². The van der Waals surface area contributed by atoms with Crippen LogP contribution >= 0.6 is 11.6 Å². The Labute approximate surface area is 149 Å². The average Bonchev–Trinajstić information content (AvgIpc) is 2.56. The number of benzene rings is 2. The van der Waals surface area contributed by atoms with Gasteiger partial charge in [0.1, 0.15) is 0 Å². The fourth-order valence-electron chi connectivity index (χ4n) is 2.64. The van der Waals surface area contributed by atoms with Crippen LogP contribution in [-0.2, 0) is 17.8 Å². The predicted octanol–water partition coefficient (Wildman–Crippen LogP) is 3.91. The van der Waals surface area contributed by atoms with Crippen LogP contribution in [0.3, 0.4) is 0 Å². The summed E-state index contributed by atoms with van der Waals surface area (Å²) in [5, 5.41) is 3.80. The summed E-state index contributed by atoms with van der Waals surface area (Å²) in [4.78, 5) is 14.1. The summed E-state index contributed by atoms with van der Waals surface area (Å²) in [6, 6.07) is 18.2. The normalized spacial score (nSPS) is 12.2. The molecule has 0 saturated carbocycles. The fourth-order valence-corrected chi connectivity index (χ4v) is 2.83. The maximum absolute atomic E-state index is 12.2. The van der Waals surface area contributed by atoms with E-state index >= 15 is 0 Å². The minimum atomic E-state index is 0.0464. The largest absolute Gasteiger partial charge is 0.353 e. The SMILES string of the molecule is C[C@H](CCc1ccccc1)NC(=O)CN(C)Cc1ccccc1Cl. The smallest absolute Gasteiger partial charge is 0.234 e. The minimum absolute atomic E-state index is 0.0464. The van der Waals surface area contributed by atoms with Crippen LogP contribution in [0.5, 0.6) is 0 Å². The van der Waals surface area contributed by atoms with E-state index in [1.165, 1.54) is 5.56 Å². The van der Waals surface area contributed by atoms with Crippen LogP contribution < -0.4 is 5.32 Å². The molecule has 0 fully saturated rings. The molecule has 0 spiro atoms. The summed E-state index contributed by atoms with van der Waals surface area (Å²) in [6.45, 7) is 3.07. The number of hydrogen-bond acceptors (Lipinski definition) is 2. The quantitative estimate of drug-likeness (QED) is 0.787. The Kier molecular flexibility index (Phi) is 7.29. The van der Waals surface area contributed by atoms with Crippen LogP contribution in [0.4, 0.5) is 0 Å². The highest BCUT2D eigenvalue weighted by atomic mass is 35.5. The molecule has 0 radical (unpaired) electrons. The highest BCUT2D eigenvalue weighted by molar-refractivity contribution is 6.31. The van der Waals surface area contributed by atoms with Crippen molar-refractivity contribution < 1.29 is 4.79 Å². The molecule has 0 aliphatic rings. The Morgan fingerprint density at radius 3 is 2.50 bits per heavy atom. The highest BCUT2D eigenvalue weighted by Gasteiger charge is 2.11. The molecule has 2 rings (SSSR count). The van der Waals surface area contributed by atoms with Crippen LogP contribution in [0.1, 0.15) is 24.5 Å². The molecular weight excluding hydrogens is 320 g/mol. The molecule has 0 aliphatic carbocycles. The summed E-state index contributed by atoms with van der Waals surface area (Å²) >= 11 is 6.16. The first-order valence-corrected chi connectivity index (χ1v) is 8.67. The number of carbonyl (C=O) groups excluding carboxylic acids is 1. The number of hydrogen-bond donors (Lipinski definition) is 1. The van der Waals surface area contributed by atoms with Gasteiger partial charge in [-0.3, -0.25) is 9.69 Å². The Morgan fingerprint density at radius 2 is 1.79 bits per heavy atom. The number of aryl methyl sites for hydroxylation is 1. The van der Waals surface area contributed by atoms with Crippen LogP contribution in [0.15, 0.2) is 54.6 Å². The molecule has 4 heteroatoms. The van der Waals surface area contributed by atoms with Crippen molar-refractivity contribution in [3.05, 3.63) is 70.7 Å². The standard InChI is InChI=1S/C20H25ClN2O/c1-16(12-13-17-8-4-3-5-9-17)22-20(24)15-23(2)14-18-10-6-7-11-19(18)21/h3-11,16H,12-15H2,1-2H3,(H,22,24)/t16-/m1/s1. The van der Waals surface area contributed by atoms with Crippen molar-refractivity contribution >= 4 is 17.5 Å². The van der Waals surface area contributed by atoms with E-state index < -0.39 is 0 Å². The van der Waals surface area contributed by atoms with E-state index in [0.29, 0.717) is 13.1 Å². The van der Waals surface area contributed by atoms with Gasteiger partial charge in [0.15, 0.2) is 0 Å². The van der Waals surface area contributed by atoms with Crippen LogP contribution in [0.2, 0.25) is 5.02 Å². The third-order valence-electron chi connectivity index (χ3n) is 3.93. The van der Waals surface area contributed by atoms with Crippen LogP contribution in [-0.4, -0.2) is 30.4 Å². The van der Waals surface area contributed by atoms with Crippen molar-refractivity contribution in [1.82, 2.24) is 10.2 Å². The number of nitrogens with zero attached hydrogens (tertiary/aromatic N) is 1. The molecule has 1 amide bonds. The monoisotopic (exact) mass is 344 g/mol. The molecule has 0 aromatic heterocycles. The second-order valence-corrected chi connectivity index (χ2v) is 6.66. The zero-order chi connectivity index (χ0) is 17.4. The first-order valence-electron chi connectivity index (χ1n) is 8.30. The summed E-state index contributed by atoms with van der Waals surface area (Å²) in [5.74, 6) is 0.0464. The van der Waals surface area contributed by atoms with E-state index in [9.17, 15) is 4.79 Å². The first kappa shape index (κ1) is 18.5. The van der Waals surface area contributed by atoms with Crippen molar-refractivity contribution in [2.24, 2.45) is 0 Å². The van der Waals surface area contributed by atoms with Gasteiger partial charge in [-0.2, -0.15) is 0 Å². The molecular formula is C20H25ClN2O. The number of amides is 1. The molecule has 0 bridgehead atoms. The maximum Gasteiger partial charge on any atom is 0.234 e. The highest BCUT2D eigenvalue weighted by Crippen LogP contribution is 2.16. The second kappa shape index (κ2) is 9.45. The van der Waals surface area contributed by atoms with Crippen LogP contribution in [0.25, 0.3) is 0 Å². The van der Waals surface area contributed by atoms with E-state index in [4.69, 9.17) is 11.6 Å². The van der Waals surface area contributed by atoms with Gasteiger partial charge in [0, 0.05) is 17.6 Å².